The number of Topliss-reactive ketones (excluding diaryl/α,β-unsaturated/α-hetero) is 1. The molecular weight excluding hydrogens is 556 g/mol. The molecule has 1 heterocycles. The number of hydrogen-bond donors (Lipinski definition) is 3. The standard InChI is InChI=1S/C26H30F4N4O7/c1-26(14-6-3-2-4-7-14,31-20(36)8-5-9-21(37)38)19-12-34(33-32-19)17(11-22(39)40)18(35)13-41-25-23(29)15(27)10-16(28)24(25)30/h10,12,14,17H,2-9,11,13H2,1H3,(H,31,36)(H,37,38)(H,39,40)/t17?,26-/m0/s1. The molecule has 0 spiro atoms. The van der Waals surface area contributed by atoms with Crippen molar-refractivity contribution in [2.45, 2.75) is 76.3 Å². The molecule has 1 aromatic heterocycles. The van der Waals surface area contributed by atoms with Gasteiger partial charge < -0.3 is 20.3 Å². The first-order valence-electron chi connectivity index (χ1n) is 13.0. The van der Waals surface area contributed by atoms with E-state index in [4.69, 9.17) is 9.84 Å². The van der Waals surface area contributed by atoms with E-state index >= 15 is 0 Å². The molecule has 2 aromatic rings. The van der Waals surface area contributed by atoms with Crippen LogP contribution in [0.4, 0.5) is 17.6 Å². The van der Waals surface area contributed by atoms with Crippen LogP contribution in [0.1, 0.15) is 76.4 Å². The predicted molar refractivity (Wildman–Crippen MR) is 132 cm³/mol. The van der Waals surface area contributed by atoms with Crippen LogP contribution in [0, 0.1) is 29.2 Å². The minimum Gasteiger partial charge on any atom is -0.481 e. The molecule has 1 aromatic carbocycles. The van der Waals surface area contributed by atoms with Crippen molar-refractivity contribution in [1.29, 1.82) is 0 Å². The van der Waals surface area contributed by atoms with Crippen LogP contribution in [0.15, 0.2) is 12.3 Å². The molecule has 1 aliphatic carbocycles. The molecule has 3 N–H and O–H groups in total. The summed E-state index contributed by atoms with van der Waals surface area (Å²) in [7, 11) is 0. The summed E-state index contributed by atoms with van der Waals surface area (Å²) < 4.78 is 60.6. The molecule has 224 valence electrons. The summed E-state index contributed by atoms with van der Waals surface area (Å²) >= 11 is 0. The lowest BCUT2D eigenvalue weighted by Crippen LogP contribution is -2.50. The highest BCUT2D eigenvalue weighted by Crippen LogP contribution is 2.39. The summed E-state index contributed by atoms with van der Waals surface area (Å²) in [5, 5.41) is 29.1. The van der Waals surface area contributed by atoms with Crippen molar-refractivity contribution >= 4 is 23.6 Å². The fraction of sp³-hybridized carbons (Fsp3) is 0.538. The Morgan fingerprint density at radius 2 is 1.68 bits per heavy atom. The quantitative estimate of drug-likeness (QED) is 0.222. The molecule has 1 fully saturated rings. The molecule has 41 heavy (non-hydrogen) atoms. The highest BCUT2D eigenvalue weighted by atomic mass is 19.2. The number of ketones is 1. The number of halogens is 4. The van der Waals surface area contributed by atoms with Gasteiger partial charge in [0.2, 0.25) is 17.5 Å². The number of carboxylic acid groups (broad SMARTS) is 2. The van der Waals surface area contributed by atoms with Crippen LogP contribution in [-0.4, -0.2) is 55.4 Å². The summed E-state index contributed by atoms with van der Waals surface area (Å²) in [6.45, 7) is 0.567. The van der Waals surface area contributed by atoms with Crippen LogP contribution >= 0.6 is 0 Å². The van der Waals surface area contributed by atoms with Gasteiger partial charge in [-0.3, -0.25) is 19.2 Å². The van der Waals surface area contributed by atoms with Crippen molar-refractivity contribution in [3.8, 4) is 5.75 Å². The largest absolute Gasteiger partial charge is 0.481 e. The van der Waals surface area contributed by atoms with E-state index in [0.29, 0.717) is 0 Å². The van der Waals surface area contributed by atoms with Gasteiger partial charge in [0, 0.05) is 18.9 Å². The average Bonchev–Trinajstić information content (AvgIpc) is 3.41. The number of rotatable bonds is 14. The van der Waals surface area contributed by atoms with E-state index in [2.05, 4.69) is 15.6 Å². The van der Waals surface area contributed by atoms with Gasteiger partial charge in [-0.05, 0) is 32.1 Å². The van der Waals surface area contributed by atoms with Gasteiger partial charge in [-0.2, -0.15) is 8.78 Å². The summed E-state index contributed by atoms with van der Waals surface area (Å²) in [6, 6.07) is -1.61. The maximum absolute atomic E-state index is 14.0. The van der Waals surface area contributed by atoms with Crippen LogP contribution in [0.5, 0.6) is 5.75 Å². The Balaban J connectivity index is 1.86. The summed E-state index contributed by atoms with van der Waals surface area (Å²) in [6.07, 6.45) is 4.52. The van der Waals surface area contributed by atoms with Gasteiger partial charge in [0.1, 0.15) is 18.3 Å². The lowest BCUT2D eigenvalue weighted by atomic mass is 9.74. The smallest absolute Gasteiger partial charge is 0.305 e. The Bertz CT molecular complexity index is 1270. The molecule has 0 radical (unpaired) electrons. The molecule has 11 nitrogen and oxygen atoms in total. The van der Waals surface area contributed by atoms with Gasteiger partial charge >= 0.3 is 11.9 Å². The van der Waals surface area contributed by atoms with Crippen molar-refractivity contribution in [2.75, 3.05) is 6.61 Å². The van der Waals surface area contributed by atoms with Crippen molar-refractivity contribution in [3.63, 3.8) is 0 Å². The number of aliphatic carboxylic acids is 2. The van der Waals surface area contributed by atoms with Gasteiger partial charge in [-0.1, -0.05) is 24.5 Å². The SMILES string of the molecule is C[C@@](NC(=O)CCCC(=O)O)(c1cn(C(CC(=O)O)C(=O)COc2c(F)c(F)cc(F)c2F)nn1)C1CCCCC1. The number of nitrogens with zero attached hydrogens (tertiary/aromatic N) is 3. The zero-order valence-electron chi connectivity index (χ0n) is 22.2. The van der Waals surface area contributed by atoms with E-state index < -0.39 is 77.3 Å². The van der Waals surface area contributed by atoms with Gasteiger partial charge in [-0.15, -0.1) is 5.10 Å². The van der Waals surface area contributed by atoms with E-state index in [1.807, 2.05) is 0 Å². The molecular formula is C26H30F4N4O7. The number of aromatic nitrogens is 3. The molecule has 1 amide bonds. The van der Waals surface area contributed by atoms with Gasteiger partial charge in [0.15, 0.2) is 23.2 Å². The topological polar surface area (TPSA) is 161 Å². The number of carbonyl (C=O) groups is 4. The number of carboxylic acids is 2. The first-order valence-corrected chi connectivity index (χ1v) is 13.0. The number of nitrogens with one attached hydrogen (secondary N) is 1. The molecule has 1 saturated carbocycles. The van der Waals surface area contributed by atoms with Crippen molar-refractivity contribution in [1.82, 2.24) is 20.3 Å². The lowest BCUT2D eigenvalue weighted by molar-refractivity contribution is -0.141. The first-order chi connectivity index (χ1) is 19.3. The van der Waals surface area contributed by atoms with Crippen molar-refractivity contribution in [3.05, 3.63) is 41.2 Å². The average molecular weight is 587 g/mol. The minimum absolute atomic E-state index is 0.0300. The number of amides is 1. The fourth-order valence-corrected chi connectivity index (χ4v) is 4.91. The fourth-order valence-electron chi connectivity index (χ4n) is 4.91. The summed E-state index contributed by atoms with van der Waals surface area (Å²) in [5.41, 5.74) is -0.887. The molecule has 1 unspecified atom stereocenters. The van der Waals surface area contributed by atoms with E-state index in [-0.39, 0.29) is 36.9 Å². The minimum atomic E-state index is -1.86. The van der Waals surface area contributed by atoms with Gasteiger partial charge in [0.05, 0.1) is 18.2 Å². The number of hydrogen-bond acceptors (Lipinski definition) is 7. The molecule has 0 aliphatic heterocycles. The maximum atomic E-state index is 14.0. The molecule has 3 rings (SSSR count). The van der Waals surface area contributed by atoms with Crippen molar-refractivity contribution < 1.29 is 51.7 Å². The Hall–Kier alpha value is -4.04. The highest BCUT2D eigenvalue weighted by Gasteiger charge is 2.41. The van der Waals surface area contributed by atoms with Gasteiger partial charge in [0.25, 0.3) is 0 Å². The Morgan fingerprint density at radius 1 is 1.05 bits per heavy atom. The molecule has 1 aliphatic rings. The highest BCUT2D eigenvalue weighted by molar-refractivity contribution is 5.87. The number of benzene rings is 1. The Morgan fingerprint density at radius 3 is 2.27 bits per heavy atom. The number of carbonyl (C=O) groups excluding carboxylic acids is 2. The normalized spacial score (nSPS) is 16.0. The molecule has 15 heteroatoms. The van der Waals surface area contributed by atoms with Crippen LogP contribution in [-0.2, 0) is 24.7 Å². The third-order valence-corrected chi connectivity index (χ3v) is 7.15. The van der Waals surface area contributed by atoms with Crippen LogP contribution in [0.25, 0.3) is 0 Å². The van der Waals surface area contributed by atoms with E-state index in [9.17, 15) is 41.8 Å². The summed E-state index contributed by atoms with van der Waals surface area (Å²) in [5.74, 6) is -12.7. The zero-order valence-corrected chi connectivity index (χ0v) is 22.2. The monoisotopic (exact) mass is 586 g/mol. The van der Waals surface area contributed by atoms with E-state index in [1.54, 1.807) is 6.92 Å². The second-order valence-corrected chi connectivity index (χ2v) is 10.1. The lowest BCUT2D eigenvalue weighted by Gasteiger charge is -2.39. The zero-order chi connectivity index (χ0) is 30.3. The summed E-state index contributed by atoms with van der Waals surface area (Å²) in [4.78, 5) is 48.0. The second kappa shape index (κ2) is 13.5. The number of ether oxygens (including phenoxy) is 1. The molecule has 2 atom stereocenters. The molecule has 0 bridgehead atoms. The Labute approximate surface area is 231 Å². The third kappa shape index (κ3) is 7.79. The Kier molecular flexibility index (Phi) is 10.4. The van der Waals surface area contributed by atoms with Crippen LogP contribution in [0.2, 0.25) is 0 Å². The predicted octanol–water partition coefficient (Wildman–Crippen LogP) is 3.67. The van der Waals surface area contributed by atoms with Gasteiger partial charge in [-0.25, -0.2) is 13.5 Å². The maximum Gasteiger partial charge on any atom is 0.305 e. The molecule has 0 saturated heterocycles. The van der Waals surface area contributed by atoms with E-state index in [0.717, 1.165) is 36.8 Å². The van der Waals surface area contributed by atoms with Crippen LogP contribution < -0.4 is 10.1 Å². The van der Waals surface area contributed by atoms with E-state index in [1.165, 1.54) is 6.20 Å². The van der Waals surface area contributed by atoms with Crippen LogP contribution in [0.3, 0.4) is 0 Å². The third-order valence-electron chi connectivity index (χ3n) is 7.15. The first kappa shape index (κ1) is 31.5. The second-order valence-electron chi connectivity index (χ2n) is 10.1. The van der Waals surface area contributed by atoms with Crippen molar-refractivity contribution in [2.24, 2.45) is 5.92 Å².